The van der Waals surface area contributed by atoms with Crippen molar-refractivity contribution in [2.45, 2.75) is 6.10 Å². The molecule has 0 saturated heterocycles. The maximum absolute atomic E-state index is 12.4. The van der Waals surface area contributed by atoms with Gasteiger partial charge in [0.25, 0.3) is 11.8 Å². The molecule has 4 rings (SSSR count). The van der Waals surface area contributed by atoms with Crippen LogP contribution < -0.4 is 24.8 Å². The Morgan fingerprint density at radius 1 is 1.03 bits per heavy atom. The number of aromatic nitrogens is 1. The zero-order valence-corrected chi connectivity index (χ0v) is 17.0. The Bertz CT molecular complexity index is 1110. The summed E-state index contributed by atoms with van der Waals surface area (Å²) in [6, 6.07) is 14.9. The number of hydrogen-bond acceptors (Lipinski definition) is 7. The molecule has 1 aliphatic heterocycles. The number of carbonyl (C=O) groups is 2. The molecule has 1 aromatic heterocycles. The Morgan fingerprint density at radius 2 is 1.88 bits per heavy atom. The highest BCUT2D eigenvalue weighted by Crippen LogP contribution is 2.35. The normalized spacial score (nSPS) is 12.7. The molecule has 0 radical (unpaired) electrons. The second-order valence-electron chi connectivity index (χ2n) is 6.97. The number of hydrogen-bond donors (Lipinski definition) is 3. The van der Waals surface area contributed by atoms with Crippen LogP contribution in [0.15, 0.2) is 67.0 Å². The van der Waals surface area contributed by atoms with E-state index in [9.17, 15) is 14.7 Å². The number of rotatable bonds is 8. The van der Waals surface area contributed by atoms with Gasteiger partial charge in [0.15, 0.2) is 11.5 Å². The maximum Gasteiger partial charge on any atom is 0.257 e. The lowest BCUT2D eigenvalue weighted by molar-refractivity contribution is 0.0843. The van der Waals surface area contributed by atoms with E-state index in [-0.39, 0.29) is 31.8 Å². The van der Waals surface area contributed by atoms with Crippen molar-refractivity contribution < 1.29 is 28.9 Å². The molecule has 1 atom stereocenters. The van der Waals surface area contributed by atoms with Crippen LogP contribution in [0.2, 0.25) is 0 Å². The molecule has 0 bridgehead atoms. The van der Waals surface area contributed by atoms with Crippen molar-refractivity contribution in [3.05, 3.63) is 78.1 Å². The van der Waals surface area contributed by atoms with Crippen molar-refractivity contribution in [3.8, 4) is 17.2 Å². The molecule has 1 aliphatic rings. The van der Waals surface area contributed by atoms with Gasteiger partial charge in [0.2, 0.25) is 6.79 Å². The van der Waals surface area contributed by atoms with E-state index >= 15 is 0 Å². The number of anilines is 1. The lowest BCUT2D eigenvalue weighted by Gasteiger charge is -2.14. The molecule has 9 nitrogen and oxygen atoms in total. The van der Waals surface area contributed by atoms with Crippen LogP contribution in [0, 0.1) is 0 Å². The first-order valence-electron chi connectivity index (χ1n) is 9.88. The zero-order chi connectivity index (χ0) is 22.3. The van der Waals surface area contributed by atoms with E-state index in [1.165, 1.54) is 6.20 Å². The molecule has 9 heteroatoms. The van der Waals surface area contributed by atoms with Gasteiger partial charge in [-0.1, -0.05) is 6.07 Å². The van der Waals surface area contributed by atoms with Crippen molar-refractivity contribution in [2.75, 3.05) is 25.3 Å². The maximum atomic E-state index is 12.4. The molecule has 164 valence electrons. The number of pyridine rings is 1. The molecule has 32 heavy (non-hydrogen) atoms. The molecule has 3 aromatic rings. The number of nitrogens with one attached hydrogen (secondary N) is 2. The fourth-order valence-corrected chi connectivity index (χ4v) is 2.97. The van der Waals surface area contributed by atoms with Crippen molar-refractivity contribution in [1.29, 1.82) is 0 Å². The number of fused-ring (bicyclic) bond motifs is 1. The summed E-state index contributed by atoms with van der Waals surface area (Å²) in [4.78, 5) is 28.6. The number of benzene rings is 2. The van der Waals surface area contributed by atoms with E-state index in [1.807, 2.05) is 0 Å². The smallest absolute Gasteiger partial charge is 0.257 e. The largest absolute Gasteiger partial charge is 0.491 e. The number of amides is 2. The van der Waals surface area contributed by atoms with Crippen LogP contribution in [0.25, 0.3) is 0 Å². The SMILES string of the molecule is O=C(NCC(O)COc1ccc2c(c1)OCO2)c1cccc(NC(=O)c2cccnc2)c1. The highest BCUT2D eigenvalue weighted by molar-refractivity contribution is 6.04. The average molecular weight is 435 g/mol. The Hall–Kier alpha value is -4.11. The van der Waals surface area contributed by atoms with Crippen LogP contribution >= 0.6 is 0 Å². The Balaban J connectivity index is 1.26. The molecule has 0 spiro atoms. The summed E-state index contributed by atoms with van der Waals surface area (Å²) >= 11 is 0. The van der Waals surface area contributed by atoms with Gasteiger partial charge >= 0.3 is 0 Å². The predicted molar refractivity (Wildman–Crippen MR) is 115 cm³/mol. The molecule has 0 aliphatic carbocycles. The molecule has 2 aromatic carbocycles. The first-order valence-corrected chi connectivity index (χ1v) is 9.88. The highest BCUT2D eigenvalue weighted by Gasteiger charge is 2.15. The molecule has 0 saturated carbocycles. The van der Waals surface area contributed by atoms with E-state index in [0.717, 1.165) is 0 Å². The third-order valence-electron chi connectivity index (χ3n) is 4.59. The van der Waals surface area contributed by atoms with Gasteiger partial charge in [-0.25, -0.2) is 0 Å². The molecule has 0 fully saturated rings. The second kappa shape index (κ2) is 9.80. The summed E-state index contributed by atoms with van der Waals surface area (Å²) < 4.78 is 16.1. The molecule has 3 N–H and O–H groups in total. The van der Waals surface area contributed by atoms with Crippen LogP contribution in [0.5, 0.6) is 17.2 Å². The number of carbonyl (C=O) groups excluding carboxylic acids is 2. The quantitative estimate of drug-likeness (QED) is 0.496. The molecule has 2 heterocycles. The van der Waals surface area contributed by atoms with E-state index in [0.29, 0.717) is 34.1 Å². The van der Waals surface area contributed by atoms with Gasteiger partial charge in [0.05, 0.1) is 5.56 Å². The third kappa shape index (κ3) is 5.32. The topological polar surface area (TPSA) is 119 Å². The zero-order valence-electron chi connectivity index (χ0n) is 17.0. The van der Waals surface area contributed by atoms with E-state index in [4.69, 9.17) is 14.2 Å². The van der Waals surface area contributed by atoms with Gasteiger partial charge < -0.3 is 30.0 Å². The molecule has 1 unspecified atom stereocenters. The number of ether oxygens (including phenoxy) is 3. The highest BCUT2D eigenvalue weighted by atomic mass is 16.7. The molecular weight excluding hydrogens is 414 g/mol. The van der Waals surface area contributed by atoms with Crippen molar-refractivity contribution in [2.24, 2.45) is 0 Å². The van der Waals surface area contributed by atoms with Gasteiger partial charge in [-0.05, 0) is 42.5 Å². The first kappa shape index (κ1) is 21.1. The third-order valence-corrected chi connectivity index (χ3v) is 4.59. The van der Waals surface area contributed by atoms with Crippen molar-refractivity contribution >= 4 is 17.5 Å². The fourth-order valence-electron chi connectivity index (χ4n) is 2.97. The lowest BCUT2D eigenvalue weighted by atomic mass is 10.1. The van der Waals surface area contributed by atoms with Crippen LogP contribution in [-0.2, 0) is 0 Å². The number of aliphatic hydroxyl groups is 1. The summed E-state index contributed by atoms with van der Waals surface area (Å²) in [5.74, 6) is 1.04. The minimum atomic E-state index is -0.919. The van der Waals surface area contributed by atoms with Crippen LogP contribution in [-0.4, -0.2) is 48.0 Å². The van der Waals surface area contributed by atoms with E-state index < -0.39 is 6.10 Å². The van der Waals surface area contributed by atoms with Gasteiger partial charge in [-0.3, -0.25) is 14.6 Å². The first-order chi connectivity index (χ1) is 15.6. The van der Waals surface area contributed by atoms with Crippen LogP contribution in [0.4, 0.5) is 5.69 Å². The summed E-state index contributed by atoms with van der Waals surface area (Å²) in [6.07, 6.45) is 2.12. The molecule has 2 amide bonds. The predicted octanol–water partition coefficient (Wildman–Crippen LogP) is 2.23. The summed E-state index contributed by atoms with van der Waals surface area (Å²) in [7, 11) is 0. The summed E-state index contributed by atoms with van der Waals surface area (Å²) in [6.45, 7) is 0.151. The van der Waals surface area contributed by atoms with Crippen molar-refractivity contribution in [3.63, 3.8) is 0 Å². The van der Waals surface area contributed by atoms with E-state index in [1.54, 1.807) is 60.8 Å². The fraction of sp³-hybridized carbons (Fsp3) is 0.174. The Kier molecular flexibility index (Phi) is 6.47. The van der Waals surface area contributed by atoms with Crippen LogP contribution in [0.3, 0.4) is 0 Å². The minimum absolute atomic E-state index is 0.00431. The van der Waals surface area contributed by atoms with Gasteiger partial charge in [0.1, 0.15) is 18.5 Å². The molecular formula is C23H21N3O6. The van der Waals surface area contributed by atoms with Gasteiger partial charge in [-0.2, -0.15) is 0 Å². The summed E-state index contributed by atoms with van der Waals surface area (Å²) in [5, 5.41) is 15.5. The number of nitrogens with zero attached hydrogens (tertiary/aromatic N) is 1. The summed E-state index contributed by atoms with van der Waals surface area (Å²) in [5.41, 5.74) is 1.23. The van der Waals surface area contributed by atoms with Gasteiger partial charge in [0, 0.05) is 36.3 Å². The lowest BCUT2D eigenvalue weighted by Crippen LogP contribution is -2.35. The van der Waals surface area contributed by atoms with Crippen LogP contribution in [0.1, 0.15) is 20.7 Å². The Morgan fingerprint density at radius 3 is 2.72 bits per heavy atom. The minimum Gasteiger partial charge on any atom is -0.491 e. The monoisotopic (exact) mass is 435 g/mol. The number of aliphatic hydroxyl groups excluding tert-OH is 1. The average Bonchev–Trinajstić information content (AvgIpc) is 3.30. The van der Waals surface area contributed by atoms with Crippen molar-refractivity contribution in [1.82, 2.24) is 10.3 Å². The Labute approximate surface area is 184 Å². The second-order valence-corrected chi connectivity index (χ2v) is 6.97. The van der Waals surface area contributed by atoms with Gasteiger partial charge in [-0.15, -0.1) is 0 Å². The van der Waals surface area contributed by atoms with E-state index in [2.05, 4.69) is 15.6 Å². The standard InChI is InChI=1S/C23H21N3O6/c27-18(13-30-19-6-7-20-21(10-19)32-14-31-20)12-25-22(28)15-3-1-5-17(9-15)26-23(29)16-4-2-8-24-11-16/h1-11,18,27H,12-14H2,(H,25,28)(H,26,29).